The first-order valence-corrected chi connectivity index (χ1v) is 7.11. The fourth-order valence-electron chi connectivity index (χ4n) is 1.76. The molecule has 1 aromatic carbocycles. The standard InChI is InChI=1S/C14H20BrNO/c1-10(2)13(8-9-15)16-14(17)12-7-5-4-6-11(12)3/h4-7,10,13H,8-9H2,1-3H3,(H,16,17). The lowest BCUT2D eigenvalue weighted by atomic mass is 10.0. The quantitative estimate of drug-likeness (QED) is 0.828. The van der Waals surface area contributed by atoms with Crippen LogP contribution in [0.25, 0.3) is 0 Å². The number of benzene rings is 1. The highest BCUT2D eigenvalue weighted by Crippen LogP contribution is 2.11. The van der Waals surface area contributed by atoms with E-state index in [-0.39, 0.29) is 11.9 Å². The van der Waals surface area contributed by atoms with Gasteiger partial charge < -0.3 is 5.32 Å². The van der Waals surface area contributed by atoms with E-state index in [1.165, 1.54) is 0 Å². The number of hydrogen-bond acceptors (Lipinski definition) is 1. The zero-order valence-corrected chi connectivity index (χ0v) is 12.3. The first kappa shape index (κ1) is 14.2. The van der Waals surface area contributed by atoms with Gasteiger partial charge >= 0.3 is 0 Å². The summed E-state index contributed by atoms with van der Waals surface area (Å²) in [5, 5.41) is 4.01. The molecular weight excluding hydrogens is 278 g/mol. The molecule has 0 heterocycles. The lowest BCUT2D eigenvalue weighted by molar-refractivity contribution is 0.0924. The van der Waals surface area contributed by atoms with E-state index in [0.29, 0.717) is 5.92 Å². The highest BCUT2D eigenvalue weighted by molar-refractivity contribution is 9.09. The van der Waals surface area contributed by atoms with Crippen LogP contribution in [-0.4, -0.2) is 17.3 Å². The molecule has 3 heteroatoms. The van der Waals surface area contributed by atoms with Crippen LogP contribution in [0.1, 0.15) is 36.2 Å². The van der Waals surface area contributed by atoms with E-state index in [1.807, 2.05) is 31.2 Å². The zero-order valence-electron chi connectivity index (χ0n) is 10.7. The topological polar surface area (TPSA) is 29.1 Å². The summed E-state index contributed by atoms with van der Waals surface area (Å²) in [6.07, 6.45) is 0.954. The number of aryl methyl sites for hydroxylation is 1. The largest absolute Gasteiger partial charge is 0.349 e. The Morgan fingerprint density at radius 1 is 1.35 bits per heavy atom. The predicted octanol–water partition coefficient (Wildman–Crippen LogP) is 3.53. The third-order valence-electron chi connectivity index (χ3n) is 2.93. The Labute approximate surface area is 112 Å². The van der Waals surface area contributed by atoms with E-state index < -0.39 is 0 Å². The number of amides is 1. The molecule has 0 fully saturated rings. The van der Waals surface area contributed by atoms with E-state index in [2.05, 4.69) is 35.1 Å². The molecule has 0 spiro atoms. The number of carbonyl (C=O) groups is 1. The smallest absolute Gasteiger partial charge is 0.251 e. The van der Waals surface area contributed by atoms with Crippen molar-refractivity contribution >= 4 is 21.8 Å². The fraction of sp³-hybridized carbons (Fsp3) is 0.500. The van der Waals surface area contributed by atoms with E-state index in [9.17, 15) is 4.79 Å². The average molecular weight is 298 g/mol. The van der Waals surface area contributed by atoms with Crippen molar-refractivity contribution in [1.82, 2.24) is 5.32 Å². The SMILES string of the molecule is Cc1ccccc1C(=O)NC(CCBr)C(C)C. The molecule has 0 aliphatic heterocycles. The molecular formula is C14H20BrNO. The maximum Gasteiger partial charge on any atom is 0.251 e. The Morgan fingerprint density at radius 3 is 2.53 bits per heavy atom. The highest BCUT2D eigenvalue weighted by Gasteiger charge is 2.17. The maximum atomic E-state index is 12.1. The molecule has 94 valence electrons. The van der Waals surface area contributed by atoms with Crippen molar-refractivity contribution in [3.05, 3.63) is 35.4 Å². The number of carbonyl (C=O) groups excluding carboxylic acids is 1. The Hall–Kier alpha value is -0.830. The molecule has 17 heavy (non-hydrogen) atoms. The van der Waals surface area contributed by atoms with Crippen molar-refractivity contribution in [2.24, 2.45) is 5.92 Å². The van der Waals surface area contributed by atoms with Crippen LogP contribution in [0.2, 0.25) is 0 Å². The van der Waals surface area contributed by atoms with Gasteiger partial charge in [-0.1, -0.05) is 48.0 Å². The van der Waals surface area contributed by atoms with Gasteiger partial charge in [0, 0.05) is 16.9 Å². The molecule has 0 radical (unpaired) electrons. The van der Waals surface area contributed by atoms with E-state index >= 15 is 0 Å². The normalized spacial score (nSPS) is 12.5. The van der Waals surface area contributed by atoms with E-state index in [1.54, 1.807) is 0 Å². The summed E-state index contributed by atoms with van der Waals surface area (Å²) in [6, 6.07) is 7.91. The van der Waals surface area contributed by atoms with Gasteiger partial charge in [0.15, 0.2) is 0 Å². The third-order valence-corrected chi connectivity index (χ3v) is 3.39. The molecule has 0 bridgehead atoms. The molecule has 1 amide bonds. The zero-order chi connectivity index (χ0) is 12.8. The first-order chi connectivity index (χ1) is 8.06. The lowest BCUT2D eigenvalue weighted by Gasteiger charge is -2.22. The minimum Gasteiger partial charge on any atom is -0.349 e. The van der Waals surface area contributed by atoms with Crippen LogP contribution in [0.5, 0.6) is 0 Å². The van der Waals surface area contributed by atoms with Crippen molar-refractivity contribution in [2.45, 2.75) is 33.2 Å². The van der Waals surface area contributed by atoms with E-state index in [4.69, 9.17) is 0 Å². The van der Waals surface area contributed by atoms with Gasteiger partial charge in [-0.2, -0.15) is 0 Å². The van der Waals surface area contributed by atoms with Crippen LogP contribution in [-0.2, 0) is 0 Å². The lowest BCUT2D eigenvalue weighted by Crippen LogP contribution is -2.39. The van der Waals surface area contributed by atoms with Crippen molar-refractivity contribution in [3.8, 4) is 0 Å². The van der Waals surface area contributed by atoms with Gasteiger partial charge in [-0.15, -0.1) is 0 Å². The minimum atomic E-state index is 0.0303. The molecule has 0 saturated carbocycles. The molecule has 1 aromatic rings. The van der Waals surface area contributed by atoms with Crippen LogP contribution >= 0.6 is 15.9 Å². The van der Waals surface area contributed by atoms with Gasteiger partial charge in [-0.05, 0) is 30.9 Å². The number of rotatable bonds is 5. The summed E-state index contributed by atoms with van der Waals surface area (Å²) in [7, 11) is 0. The van der Waals surface area contributed by atoms with Crippen LogP contribution in [0, 0.1) is 12.8 Å². The summed E-state index contributed by atoms with van der Waals surface area (Å²) < 4.78 is 0. The number of nitrogens with one attached hydrogen (secondary N) is 1. The highest BCUT2D eigenvalue weighted by atomic mass is 79.9. The fourth-order valence-corrected chi connectivity index (χ4v) is 2.26. The summed E-state index contributed by atoms with van der Waals surface area (Å²) in [6.45, 7) is 6.22. The van der Waals surface area contributed by atoms with Crippen molar-refractivity contribution in [3.63, 3.8) is 0 Å². The number of hydrogen-bond donors (Lipinski definition) is 1. The molecule has 0 aliphatic carbocycles. The first-order valence-electron chi connectivity index (χ1n) is 5.98. The molecule has 1 rings (SSSR count). The van der Waals surface area contributed by atoms with Crippen molar-refractivity contribution < 1.29 is 4.79 Å². The van der Waals surface area contributed by atoms with Gasteiger partial charge in [0.1, 0.15) is 0 Å². The van der Waals surface area contributed by atoms with Gasteiger partial charge in [-0.3, -0.25) is 4.79 Å². The van der Waals surface area contributed by atoms with Crippen LogP contribution in [0.4, 0.5) is 0 Å². The van der Waals surface area contributed by atoms with Gasteiger partial charge in [0.25, 0.3) is 5.91 Å². The van der Waals surface area contributed by atoms with E-state index in [0.717, 1.165) is 22.9 Å². The molecule has 0 aliphatic rings. The van der Waals surface area contributed by atoms with Gasteiger partial charge in [-0.25, -0.2) is 0 Å². The summed E-state index contributed by atoms with van der Waals surface area (Å²) in [5.41, 5.74) is 1.79. The molecule has 1 N–H and O–H groups in total. The number of halogens is 1. The molecule has 1 atom stereocenters. The maximum absolute atomic E-state index is 12.1. The third kappa shape index (κ3) is 4.15. The van der Waals surface area contributed by atoms with Gasteiger partial charge in [0.2, 0.25) is 0 Å². The minimum absolute atomic E-state index is 0.0303. The summed E-state index contributed by atoms with van der Waals surface area (Å²) in [4.78, 5) is 12.1. The second kappa shape index (κ2) is 6.80. The Bertz CT molecular complexity index is 376. The molecule has 2 nitrogen and oxygen atoms in total. The predicted molar refractivity (Wildman–Crippen MR) is 75.7 cm³/mol. The van der Waals surface area contributed by atoms with Crippen LogP contribution < -0.4 is 5.32 Å². The second-order valence-electron chi connectivity index (χ2n) is 4.62. The summed E-state index contributed by atoms with van der Waals surface area (Å²) >= 11 is 3.43. The molecule has 1 unspecified atom stereocenters. The molecule has 0 aromatic heterocycles. The Kier molecular flexibility index (Phi) is 5.69. The van der Waals surface area contributed by atoms with Crippen LogP contribution in [0.15, 0.2) is 24.3 Å². The Balaban J connectivity index is 2.74. The monoisotopic (exact) mass is 297 g/mol. The van der Waals surface area contributed by atoms with Crippen LogP contribution in [0.3, 0.4) is 0 Å². The average Bonchev–Trinajstić information content (AvgIpc) is 2.28. The van der Waals surface area contributed by atoms with Crippen molar-refractivity contribution in [2.75, 3.05) is 5.33 Å². The van der Waals surface area contributed by atoms with Gasteiger partial charge in [0.05, 0.1) is 0 Å². The summed E-state index contributed by atoms with van der Waals surface area (Å²) in [5.74, 6) is 0.475. The second-order valence-corrected chi connectivity index (χ2v) is 5.41. The Morgan fingerprint density at radius 2 is 2.00 bits per heavy atom. The van der Waals surface area contributed by atoms with Crippen molar-refractivity contribution in [1.29, 1.82) is 0 Å². The molecule has 0 saturated heterocycles. The number of alkyl halides is 1.